The molecule has 1 saturated carbocycles. The van der Waals surface area contributed by atoms with Crippen LogP contribution in [0, 0.1) is 5.82 Å². The molecule has 1 aliphatic heterocycles. The van der Waals surface area contributed by atoms with E-state index in [2.05, 4.69) is 27.7 Å². The average molecular weight is 533 g/mol. The average Bonchev–Trinajstić information content (AvgIpc) is 3.73. The molecule has 1 aromatic carbocycles. The Morgan fingerprint density at radius 1 is 1.24 bits per heavy atom. The van der Waals surface area contributed by atoms with Gasteiger partial charge in [-0.2, -0.15) is 0 Å². The lowest BCUT2D eigenvalue weighted by Gasteiger charge is -2.24. The van der Waals surface area contributed by atoms with Crippen molar-refractivity contribution in [1.82, 2.24) is 15.2 Å². The SMILES string of the molecule is O=C(N[C@@H](CCN(CCCCc1ccc2c(n1)NCCC2)C1CC1)C(=O)O)OCc1cccc(F)c1Cl. The first kappa shape index (κ1) is 27.1. The number of carboxylic acids is 1. The molecule has 3 N–H and O–H groups in total. The zero-order chi connectivity index (χ0) is 26.2. The van der Waals surface area contributed by atoms with Crippen LogP contribution in [0.1, 0.15) is 55.3 Å². The van der Waals surface area contributed by atoms with Crippen molar-refractivity contribution in [3.8, 4) is 0 Å². The lowest BCUT2D eigenvalue weighted by atomic mass is 10.1. The molecule has 1 aliphatic carbocycles. The van der Waals surface area contributed by atoms with Crippen molar-refractivity contribution in [3.05, 3.63) is 58.0 Å². The van der Waals surface area contributed by atoms with E-state index in [0.717, 1.165) is 69.5 Å². The summed E-state index contributed by atoms with van der Waals surface area (Å²) in [7, 11) is 0. The molecular formula is C27H34ClFN4O4. The summed E-state index contributed by atoms with van der Waals surface area (Å²) >= 11 is 5.88. The molecule has 8 nitrogen and oxygen atoms in total. The van der Waals surface area contributed by atoms with E-state index in [1.165, 1.54) is 17.7 Å². The molecule has 2 aliphatic rings. The summed E-state index contributed by atoms with van der Waals surface area (Å²) in [4.78, 5) is 31.0. The number of anilines is 1. The number of carboxylic acid groups (broad SMARTS) is 1. The number of aryl methyl sites for hydroxylation is 2. The largest absolute Gasteiger partial charge is 0.480 e. The first-order valence-corrected chi connectivity index (χ1v) is 13.3. The van der Waals surface area contributed by atoms with Crippen molar-refractivity contribution < 1.29 is 23.8 Å². The second kappa shape index (κ2) is 13.1. The van der Waals surface area contributed by atoms with Crippen LogP contribution in [0.5, 0.6) is 0 Å². The van der Waals surface area contributed by atoms with E-state index in [1.807, 2.05) is 0 Å². The van der Waals surface area contributed by atoms with Gasteiger partial charge in [0.25, 0.3) is 0 Å². The van der Waals surface area contributed by atoms with Crippen LogP contribution in [0.4, 0.5) is 15.0 Å². The molecule has 0 saturated heterocycles. The van der Waals surface area contributed by atoms with E-state index in [9.17, 15) is 19.1 Å². The molecule has 0 spiro atoms. The summed E-state index contributed by atoms with van der Waals surface area (Å²) in [5.41, 5.74) is 2.70. The van der Waals surface area contributed by atoms with Crippen molar-refractivity contribution in [1.29, 1.82) is 0 Å². The Balaban J connectivity index is 1.20. The number of unbranched alkanes of at least 4 members (excludes halogenated alkanes) is 1. The van der Waals surface area contributed by atoms with E-state index in [-0.39, 0.29) is 18.1 Å². The van der Waals surface area contributed by atoms with Crippen molar-refractivity contribution in [3.63, 3.8) is 0 Å². The van der Waals surface area contributed by atoms with Crippen LogP contribution in [0.25, 0.3) is 0 Å². The number of amides is 1. The van der Waals surface area contributed by atoms with Gasteiger partial charge in [-0.3, -0.25) is 0 Å². The number of hydrogen-bond donors (Lipinski definition) is 3. The zero-order valence-electron chi connectivity index (χ0n) is 20.8. The van der Waals surface area contributed by atoms with Gasteiger partial charge < -0.3 is 25.4 Å². The Bertz CT molecular complexity index is 1100. The van der Waals surface area contributed by atoms with E-state index >= 15 is 0 Å². The van der Waals surface area contributed by atoms with E-state index in [0.29, 0.717) is 18.2 Å². The number of ether oxygens (including phenoxy) is 1. The number of nitrogens with zero attached hydrogens (tertiary/aromatic N) is 2. The van der Waals surface area contributed by atoms with Crippen molar-refractivity contribution in [2.75, 3.05) is 25.0 Å². The minimum atomic E-state index is -1.12. The fraction of sp³-hybridized carbons (Fsp3) is 0.519. The quantitative estimate of drug-likeness (QED) is 0.319. The van der Waals surface area contributed by atoms with Crippen LogP contribution >= 0.6 is 11.6 Å². The summed E-state index contributed by atoms with van der Waals surface area (Å²) in [6, 6.07) is 7.91. The third-order valence-electron chi connectivity index (χ3n) is 6.83. The number of benzene rings is 1. The highest BCUT2D eigenvalue weighted by Crippen LogP contribution is 2.28. The van der Waals surface area contributed by atoms with Crippen molar-refractivity contribution >= 4 is 29.5 Å². The lowest BCUT2D eigenvalue weighted by molar-refractivity contribution is -0.139. The maximum absolute atomic E-state index is 13.5. The molecule has 200 valence electrons. The van der Waals surface area contributed by atoms with Gasteiger partial charge in [-0.25, -0.2) is 19.0 Å². The molecule has 0 radical (unpaired) electrons. The molecule has 0 unspecified atom stereocenters. The van der Waals surface area contributed by atoms with Crippen molar-refractivity contribution in [2.45, 2.75) is 70.1 Å². The van der Waals surface area contributed by atoms with E-state index in [4.69, 9.17) is 21.3 Å². The topological polar surface area (TPSA) is 104 Å². The van der Waals surface area contributed by atoms with Gasteiger partial charge in [0, 0.05) is 30.4 Å². The molecule has 37 heavy (non-hydrogen) atoms. The molecule has 1 amide bonds. The van der Waals surface area contributed by atoms with Gasteiger partial charge in [0.05, 0.1) is 5.02 Å². The molecule has 10 heteroatoms. The molecule has 1 atom stereocenters. The van der Waals surface area contributed by atoms with Crippen molar-refractivity contribution in [2.24, 2.45) is 0 Å². The van der Waals surface area contributed by atoms with Gasteiger partial charge in [-0.05, 0) is 75.6 Å². The number of hydrogen-bond acceptors (Lipinski definition) is 6. The van der Waals surface area contributed by atoms with Gasteiger partial charge >= 0.3 is 12.1 Å². The minimum Gasteiger partial charge on any atom is -0.480 e. The Hall–Kier alpha value is -2.91. The predicted molar refractivity (Wildman–Crippen MR) is 139 cm³/mol. The lowest BCUT2D eigenvalue weighted by Crippen LogP contribution is -2.43. The molecule has 2 aromatic rings. The summed E-state index contributed by atoms with van der Waals surface area (Å²) in [6.45, 7) is 2.17. The van der Waals surface area contributed by atoms with Crippen LogP contribution < -0.4 is 10.6 Å². The second-order valence-corrected chi connectivity index (χ2v) is 10.1. The number of aromatic nitrogens is 1. The number of rotatable bonds is 13. The zero-order valence-corrected chi connectivity index (χ0v) is 21.6. The highest BCUT2D eigenvalue weighted by molar-refractivity contribution is 6.31. The van der Waals surface area contributed by atoms with Gasteiger partial charge in [0.15, 0.2) is 0 Å². The fourth-order valence-corrected chi connectivity index (χ4v) is 4.77. The van der Waals surface area contributed by atoms with Crippen LogP contribution in [0.3, 0.4) is 0 Å². The van der Waals surface area contributed by atoms with Crippen LogP contribution in [-0.4, -0.2) is 58.8 Å². The van der Waals surface area contributed by atoms with Crippen LogP contribution in [0.2, 0.25) is 5.02 Å². The molecule has 2 heterocycles. The normalized spacial score (nSPS) is 15.5. The second-order valence-electron chi connectivity index (χ2n) is 9.68. The van der Waals surface area contributed by atoms with Gasteiger partial charge in [0.1, 0.15) is 24.3 Å². The molecular weight excluding hydrogens is 499 g/mol. The number of carbonyl (C=O) groups is 2. The number of halogens is 2. The first-order chi connectivity index (χ1) is 17.9. The maximum Gasteiger partial charge on any atom is 0.408 e. The van der Waals surface area contributed by atoms with E-state index in [1.54, 1.807) is 6.07 Å². The summed E-state index contributed by atoms with van der Waals surface area (Å²) in [5.74, 6) is -0.709. The summed E-state index contributed by atoms with van der Waals surface area (Å²) in [5, 5.41) is 15.3. The van der Waals surface area contributed by atoms with E-state index < -0.39 is 23.9 Å². The number of alkyl carbamates (subject to hydrolysis) is 1. The smallest absolute Gasteiger partial charge is 0.408 e. The highest BCUT2D eigenvalue weighted by Gasteiger charge is 2.30. The monoisotopic (exact) mass is 532 g/mol. The summed E-state index contributed by atoms with van der Waals surface area (Å²) < 4.78 is 18.6. The fourth-order valence-electron chi connectivity index (χ4n) is 4.59. The van der Waals surface area contributed by atoms with Crippen LogP contribution in [0.15, 0.2) is 30.3 Å². The summed E-state index contributed by atoms with van der Waals surface area (Å²) in [6.07, 6.45) is 6.74. The number of aliphatic carboxylic acids is 1. The number of carbonyl (C=O) groups excluding carboxylic acids is 1. The molecule has 0 bridgehead atoms. The molecule has 1 fully saturated rings. The third-order valence-corrected chi connectivity index (χ3v) is 7.25. The first-order valence-electron chi connectivity index (χ1n) is 13.0. The number of pyridine rings is 1. The standard InChI is InChI=1S/C27H34ClFN4O4/c28-24-19(5-3-8-22(24)29)17-37-27(36)32-23(26(34)35)13-16-33(21-11-12-21)15-2-1-7-20-10-9-18-6-4-14-30-25(18)31-20/h3,5,8-10,21,23H,1-2,4,6-7,11-17H2,(H,30,31)(H,32,36)(H,34,35)/t23-/m0/s1. The Kier molecular flexibility index (Phi) is 9.57. The highest BCUT2D eigenvalue weighted by atomic mass is 35.5. The third kappa shape index (κ3) is 8.04. The number of fused-ring (bicyclic) bond motifs is 1. The Labute approximate surface area is 221 Å². The van der Waals surface area contributed by atoms with Crippen LogP contribution in [-0.2, 0) is 29.0 Å². The minimum absolute atomic E-state index is 0.121. The molecule has 1 aromatic heterocycles. The van der Waals surface area contributed by atoms with Gasteiger partial charge in [-0.15, -0.1) is 0 Å². The molecule has 4 rings (SSSR count). The van der Waals surface area contributed by atoms with Gasteiger partial charge in [-0.1, -0.05) is 29.8 Å². The Morgan fingerprint density at radius 3 is 2.86 bits per heavy atom. The number of nitrogens with one attached hydrogen (secondary N) is 2. The Morgan fingerprint density at radius 2 is 2.08 bits per heavy atom. The van der Waals surface area contributed by atoms with Gasteiger partial charge in [0.2, 0.25) is 0 Å². The maximum atomic E-state index is 13.5. The predicted octanol–water partition coefficient (Wildman–Crippen LogP) is 4.79.